The molecular formula is C11H16F2N2. The van der Waals surface area contributed by atoms with Crippen molar-refractivity contribution in [1.82, 2.24) is 0 Å². The first-order valence-electron chi connectivity index (χ1n) is 4.97. The second kappa shape index (κ2) is 5.19. The Labute approximate surface area is 88.3 Å². The van der Waals surface area contributed by atoms with Crippen LogP contribution in [0.5, 0.6) is 0 Å². The van der Waals surface area contributed by atoms with Crippen molar-refractivity contribution < 1.29 is 8.78 Å². The molecular weight excluding hydrogens is 198 g/mol. The van der Waals surface area contributed by atoms with Crippen molar-refractivity contribution in [2.75, 3.05) is 0 Å². The van der Waals surface area contributed by atoms with Gasteiger partial charge in [0.2, 0.25) is 0 Å². The summed E-state index contributed by atoms with van der Waals surface area (Å²) in [6.07, 6.45) is 1.32. The summed E-state index contributed by atoms with van der Waals surface area (Å²) < 4.78 is 25.9. The molecule has 4 heteroatoms. The molecule has 2 nitrogen and oxygen atoms in total. The molecule has 4 N–H and O–H groups in total. The van der Waals surface area contributed by atoms with Gasteiger partial charge in [-0.05, 0) is 25.8 Å². The summed E-state index contributed by atoms with van der Waals surface area (Å²) in [5, 5.41) is 0. The predicted molar refractivity (Wildman–Crippen MR) is 56.2 cm³/mol. The summed E-state index contributed by atoms with van der Waals surface area (Å²) in [5.74, 6) is -1.18. The molecule has 0 bridgehead atoms. The summed E-state index contributed by atoms with van der Waals surface area (Å²) in [6.45, 7) is 1.87. The van der Waals surface area contributed by atoms with Crippen LogP contribution >= 0.6 is 0 Å². The van der Waals surface area contributed by atoms with Gasteiger partial charge in [0.1, 0.15) is 11.6 Å². The van der Waals surface area contributed by atoms with E-state index in [-0.39, 0.29) is 6.04 Å². The Morgan fingerprint density at radius 2 is 1.87 bits per heavy atom. The molecule has 15 heavy (non-hydrogen) atoms. The minimum atomic E-state index is -0.591. The SMILES string of the molecule is CC(N)CCC(N)c1ccc(F)cc1F. The van der Waals surface area contributed by atoms with Crippen LogP contribution in [0.25, 0.3) is 0 Å². The van der Waals surface area contributed by atoms with Crippen molar-refractivity contribution in [3.63, 3.8) is 0 Å². The van der Waals surface area contributed by atoms with Gasteiger partial charge in [-0.2, -0.15) is 0 Å². The van der Waals surface area contributed by atoms with Crippen molar-refractivity contribution in [1.29, 1.82) is 0 Å². The molecule has 0 aliphatic carbocycles. The van der Waals surface area contributed by atoms with E-state index in [1.807, 2.05) is 6.92 Å². The average molecular weight is 214 g/mol. The quantitative estimate of drug-likeness (QED) is 0.806. The smallest absolute Gasteiger partial charge is 0.130 e. The van der Waals surface area contributed by atoms with Crippen LogP contribution in [-0.2, 0) is 0 Å². The third kappa shape index (κ3) is 3.57. The molecule has 0 fully saturated rings. The van der Waals surface area contributed by atoms with E-state index in [2.05, 4.69) is 0 Å². The first-order valence-corrected chi connectivity index (χ1v) is 4.97. The van der Waals surface area contributed by atoms with Gasteiger partial charge in [0.15, 0.2) is 0 Å². The van der Waals surface area contributed by atoms with Gasteiger partial charge in [-0.15, -0.1) is 0 Å². The molecule has 0 radical (unpaired) electrons. The molecule has 1 aromatic rings. The predicted octanol–water partition coefficient (Wildman–Crippen LogP) is 2.09. The van der Waals surface area contributed by atoms with Crippen LogP contribution < -0.4 is 11.5 Å². The maximum atomic E-state index is 13.3. The highest BCUT2D eigenvalue weighted by atomic mass is 19.1. The molecule has 0 aromatic heterocycles. The second-order valence-electron chi connectivity index (χ2n) is 3.83. The Morgan fingerprint density at radius 1 is 1.20 bits per heavy atom. The topological polar surface area (TPSA) is 52.0 Å². The van der Waals surface area contributed by atoms with Crippen LogP contribution in [-0.4, -0.2) is 6.04 Å². The lowest BCUT2D eigenvalue weighted by molar-refractivity contribution is 0.516. The first-order chi connectivity index (χ1) is 7.00. The summed E-state index contributed by atoms with van der Waals surface area (Å²) in [4.78, 5) is 0. The standard InChI is InChI=1S/C11H16F2N2/c1-7(14)2-5-11(15)9-4-3-8(12)6-10(9)13/h3-4,6-7,11H,2,5,14-15H2,1H3. The van der Waals surface area contributed by atoms with Gasteiger partial charge in [0.05, 0.1) is 0 Å². The Balaban J connectivity index is 2.69. The summed E-state index contributed by atoms with van der Waals surface area (Å²) in [7, 11) is 0. The minimum Gasteiger partial charge on any atom is -0.328 e. The van der Waals surface area contributed by atoms with Crippen molar-refractivity contribution in [2.24, 2.45) is 11.5 Å². The van der Waals surface area contributed by atoms with Crippen LogP contribution in [0.15, 0.2) is 18.2 Å². The first kappa shape index (κ1) is 12.1. The maximum Gasteiger partial charge on any atom is 0.130 e. The number of halogens is 2. The van der Waals surface area contributed by atoms with Gasteiger partial charge in [-0.3, -0.25) is 0 Å². The molecule has 0 amide bonds. The summed E-state index contributed by atoms with van der Waals surface area (Å²) >= 11 is 0. The highest BCUT2D eigenvalue weighted by molar-refractivity contribution is 5.21. The normalized spacial score (nSPS) is 15.0. The zero-order valence-electron chi connectivity index (χ0n) is 8.71. The van der Waals surface area contributed by atoms with E-state index >= 15 is 0 Å². The lowest BCUT2D eigenvalue weighted by Gasteiger charge is -2.14. The Kier molecular flexibility index (Phi) is 4.17. The number of benzene rings is 1. The molecule has 0 heterocycles. The fourth-order valence-corrected chi connectivity index (χ4v) is 1.40. The Morgan fingerprint density at radius 3 is 2.40 bits per heavy atom. The zero-order valence-corrected chi connectivity index (χ0v) is 8.71. The Bertz CT molecular complexity index is 326. The van der Waals surface area contributed by atoms with Crippen molar-refractivity contribution in [3.05, 3.63) is 35.4 Å². The van der Waals surface area contributed by atoms with Gasteiger partial charge in [-0.25, -0.2) is 8.78 Å². The van der Waals surface area contributed by atoms with E-state index in [0.717, 1.165) is 12.5 Å². The van der Waals surface area contributed by atoms with E-state index in [0.29, 0.717) is 12.0 Å². The molecule has 0 saturated carbocycles. The lowest BCUT2D eigenvalue weighted by Crippen LogP contribution is -2.19. The van der Waals surface area contributed by atoms with E-state index < -0.39 is 17.7 Å². The number of rotatable bonds is 4. The maximum absolute atomic E-state index is 13.3. The van der Waals surface area contributed by atoms with Gasteiger partial charge < -0.3 is 11.5 Å². The van der Waals surface area contributed by atoms with Crippen LogP contribution in [0.1, 0.15) is 31.4 Å². The minimum absolute atomic E-state index is 0.0413. The molecule has 0 aliphatic rings. The molecule has 1 aromatic carbocycles. The third-order valence-corrected chi connectivity index (χ3v) is 2.29. The second-order valence-corrected chi connectivity index (χ2v) is 3.83. The molecule has 0 spiro atoms. The third-order valence-electron chi connectivity index (χ3n) is 2.29. The van der Waals surface area contributed by atoms with Gasteiger partial charge in [-0.1, -0.05) is 6.07 Å². The number of hydrogen-bond donors (Lipinski definition) is 2. The van der Waals surface area contributed by atoms with Crippen molar-refractivity contribution in [2.45, 2.75) is 31.8 Å². The van der Waals surface area contributed by atoms with Crippen LogP contribution in [0.4, 0.5) is 8.78 Å². The van der Waals surface area contributed by atoms with Crippen LogP contribution in [0.3, 0.4) is 0 Å². The highest BCUT2D eigenvalue weighted by Crippen LogP contribution is 2.20. The van der Waals surface area contributed by atoms with Crippen molar-refractivity contribution >= 4 is 0 Å². The summed E-state index contributed by atoms with van der Waals surface area (Å²) in [5.41, 5.74) is 11.7. The fraction of sp³-hybridized carbons (Fsp3) is 0.455. The molecule has 2 atom stereocenters. The zero-order chi connectivity index (χ0) is 11.4. The van der Waals surface area contributed by atoms with E-state index in [9.17, 15) is 8.78 Å². The van der Waals surface area contributed by atoms with Gasteiger partial charge >= 0.3 is 0 Å². The highest BCUT2D eigenvalue weighted by Gasteiger charge is 2.12. The largest absolute Gasteiger partial charge is 0.328 e. The molecule has 84 valence electrons. The van der Waals surface area contributed by atoms with Gasteiger partial charge in [0.25, 0.3) is 0 Å². The number of nitrogens with two attached hydrogens (primary N) is 2. The molecule has 0 aliphatic heterocycles. The van der Waals surface area contributed by atoms with E-state index in [1.54, 1.807) is 0 Å². The van der Waals surface area contributed by atoms with E-state index in [4.69, 9.17) is 11.5 Å². The lowest BCUT2D eigenvalue weighted by atomic mass is 10.0. The van der Waals surface area contributed by atoms with Crippen molar-refractivity contribution in [3.8, 4) is 0 Å². The summed E-state index contributed by atoms with van der Waals surface area (Å²) in [6, 6.07) is 3.07. The van der Waals surface area contributed by atoms with Crippen LogP contribution in [0.2, 0.25) is 0 Å². The van der Waals surface area contributed by atoms with Gasteiger partial charge in [0, 0.05) is 23.7 Å². The molecule has 1 rings (SSSR count). The van der Waals surface area contributed by atoms with E-state index in [1.165, 1.54) is 12.1 Å². The number of hydrogen-bond acceptors (Lipinski definition) is 2. The average Bonchev–Trinajstić information content (AvgIpc) is 2.14. The monoisotopic (exact) mass is 214 g/mol. The Hall–Kier alpha value is -1.00. The van der Waals surface area contributed by atoms with Crippen LogP contribution in [0, 0.1) is 11.6 Å². The molecule has 2 unspecified atom stereocenters. The fourth-order valence-electron chi connectivity index (χ4n) is 1.40. The molecule has 0 saturated heterocycles.